The fraction of sp³-hybridized carbons (Fsp3) is 0.500. The molecule has 19 heavy (non-hydrogen) atoms. The van der Waals surface area contributed by atoms with E-state index < -0.39 is 0 Å². The summed E-state index contributed by atoms with van der Waals surface area (Å²) in [5.74, 6) is 0. The van der Waals surface area contributed by atoms with E-state index in [2.05, 4.69) is 37.4 Å². The van der Waals surface area contributed by atoms with Crippen molar-refractivity contribution in [2.75, 3.05) is 11.9 Å². The Morgan fingerprint density at radius 2 is 1.63 bits per heavy atom. The van der Waals surface area contributed by atoms with Gasteiger partial charge in [0.25, 0.3) is 0 Å². The van der Waals surface area contributed by atoms with Crippen LogP contribution >= 0.6 is 0 Å². The van der Waals surface area contributed by atoms with Crippen LogP contribution in [0.2, 0.25) is 0 Å². The SMILES string of the molecule is CC(C)N(B(N=C=O)N(C)c1ccccc1)C(C)C. The summed E-state index contributed by atoms with van der Waals surface area (Å²) < 4.78 is 0. The molecule has 1 rings (SSSR count). The van der Waals surface area contributed by atoms with E-state index in [0.29, 0.717) is 0 Å². The molecule has 0 atom stereocenters. The van der Waals surface area contributed by atoms with Crippen LogP contribution in [0, 0.1) is 0 Å². The van der Waals surface area contributed by atoms with Gasteiger partial charge in [-0.05, 0) is 31.3 Å². The quantitative estimate of drug-likeness (QED) is 0.447. The summed E-state index contributed by atoms with van der Waals surface area (Å²) in [6.07, 6.45) is 1.70. The van der Waals surface area contributed by atoms with Crippen LogP contribution in [0.4, 0.5) is 5.69 Å². The average Bonchev–Trinajstić information content (AvgIpc) is 2.37. The lowest BCUT2D eigenvalue weighted by Crippen LogP contribution is -2.56. The van der Waals surface area contributed by atoms with Gasteiger partial charge in [0.1, 0.15) is 0 Å². The summed E-state index contributed by atoms with van der Waals surface area (Å²) in [5.41, 5.74) is 1.03. The Bertz CT molecular complexity index is 422. The number of hydrogen-bond acceptors (Lipinski definition) is 4. The van der Waals surface area contributed by atoms with Crippen LogP contribution in [-0.2, 0) is 4.79 Å². The maximum atomic E-state index is 10.8. The lowest BCUT2D eigenvalue weighted by atomic mass is 9.84. The highest BCUT2D eigenvalue weighted by Crippen LogP contribution is 2.18. The third-order valence-corrected chi connectivity index (χ3v) is 3.14. The molecule has 0 aliphatic rings. The van der Waals surface area contributed by atoms with Crippen molar-refractivity contribution in [2.45, 2.75) is 39.8 Å². The molecule has 0 aliphatic carbocycles. The highest BCUT2D eigenvalue weighted by Gasteiger charge is 2.33. The smallest absolute Gasteiger partial charge is 0.383 e. The first-order valence-corrected chi connectivity index (χ1v) is 6.61. The van der Waals surface area contributed by atoms with Gasteiger partial charge in [-0.15, -0.1) is 0 Å². The van der Waals surface area contributed by atoms with Crippen molar-refractivity contribution in [3.05, 3.63) is 30.3 Å². The van der Waals surface area contributed by atoms with Gasteiger partial charge in [-0.3, -0.25) is 4.81 Å². The molecule has 0 unspecified atom stereocenters. The Morgan fingerprint density at radius 3 is 2.05 bits per heavy atom. The summed E-state index contributed by atoms with van der Waals surface area (Å²) in [6.45, 7) is 8.41. The van der Waals surface area contributed by atoms with E-state index in [4.69, 9.17) is 0 Å². The molecule has 0 heterocycles. The number of benzene rings is 1. The van der Waals surface area contributed by atoms with E-state index in [0.717, 1.165) is 5.69 Å². The molecular weight excluding hydrogens is 237 g/mol. The molecule has 0 radical (unpaired) electrons. The summed E-state index contributed by atoms with van der Waals surface area (Å²) in [5, 5.41) is 0. The first-order chi connectivity index (χ1) is 8.99. The van der Waals surface area contributed by atoms with Crippen molar-refractivity contribution in [3.8, 4) is 0 Å². The van der Waals surface area contributed by atoms with Crippen molar-refractivity contribution in [1.82, 2.24) is 4.81 Å². The van der Waals surface area contributed by atoms with Crippen LogP contribution < -0.4 is 4.81 Å². The van der Waals surface area contributed by atoms with Gasteiger partial charge in [-0.1, -0.05) is 45.9 Å². The van der Waals surface area contributed by atoms with E-state index in [1.807, 2.05) is 42.2 Å². The van der Waals surface area contributed by atoms with E-state index in [-0.39, 0.29) is 19.2 Å². The highest BCUT2D eigenvalue weighted by atomic mass is 16.1. The van der Waals surface area contributed by atoms with E-state index in [1.54, 1.807) is 6.08 Å². The van der Waals surface area contributed by atoms with Crippen molar-refractivity contribution in [3.63, 3.8) is 0 Å². The molecule has 102 valence electrons. The Morgan fingerprint density at radius 1 is 1.11 bits per heavy atom. The zero-order valence-electron chi connectivity index (χ0n) is 12.4. The minimum atomic E-state index is -0.333. The predicted octanol–water partition coefficient (Wildman–Crippen LogP) is 2.56. The summed E-state index contributed by atoms with van der Waals surface area (Å²) in [4.78, 5) is 18.9. The normalized spacial score (nSPS) is 10.7. The number of isocyanates is 1. The molecule has 1 aromatic carbocycles. The fourth-order valence-corrected chi connectivity index (χ4v) is 2.33. The van der Waals surface area contributed by atoms with Gasteiger partial charge in [0.2, 0.25) is 6.08 Å². The van der Waals surface area contributed by atoms with Gasteiger partial charge in [0.15, 0.2) is 0 Å². The van der Waals surface area contributed by atoms with E-state index in [9.17, 15) is 4.79 Å². The predicted molar refractivity (Wildman–Crippen MR) is 80.8 cm³/mol. The van der Waals surface area contributed by atoms with E-state index in [1.165, 1.54) is 0 Å². The van der Waals surface area contributed by atoms with Gasteiger partial charge in [0, 0.05) is 5.69 Å². The zero-order valence-corrected chi connectivity index (χ0v) is 12.4. The topological polar surface area (TPSA) is 35.9 Å². The molecule has 0 amide bonds. The third kappa shape index (κ3) is 3.95. The maximum Gasteiger partial charge on any atom is 0.501 e. The average molecular weight is 259 g/mol. The number of para-hydroxylation sites is 1. The maximum absolute atomic E-state index is 10.8. The monoisotopic (exact) mass is 259 g/mol. The van der Waals surface area contributed by atoms with Gasteiger partial charge in [-0.2, -0.15) is 0 Å². The van der Waals surface area contributed by atoms with Crippen molar-refractivity contribution >= 4 is 18.9 Å². The van der Waals surface area contributed by atoms with Crippen LogP contribution in [0.15, 0.2) is 35.2 Å². The van der Waals surface area contributed by atoms with Crippen molar-refractivity contribution < 1.29 is 4.79 Å². The molecule has 5 heteroatoms. The highest BCUT2D eigenvalue weighted by molar-refractivity contribution is 6.59. The van der Waals surface area contributed by atoms with Crippen molar-refractivity contribution in [2.24, 2.45) is 4.90 Å². The standard InChI is InChI=1S/C14H22BN3O/c1-12(2)18(13(3)4)15(16-11-19)17(5)14-9-7-6-8-10-14/h6-10,12-13H,1-5H3. The second kappa shape index (κ2) is 7.12. The Balaban J connectivity index is 3.09. The molecule has 1 aromatic rings. The molecule has 0 N–H and O–H groups in total. The van der Waals surface area contributed by atoms with Crippen LogP contribution in [-0.4, -0.2) is 37.1 Å². The summed E-state index contributed by atoms with van der Waals surface area (Å²) in [6, 6.07) is 10.5. The number of carbonyl (C=O) groups excluding carboxylic acids is 1. The molecule has 0 saturated carbocycles. The van der Waals surface area contributed by atoms with Crippen LogP contribution in [0.25, 0.3) is 0 Å². The summed E-state index contributed by atoms with van der Waals surface area (Å²) in [7, 11) is 1.61. The molecule has 0 aromatic heterocycles. The first kappa shape index (κ1) is 15.5. The van der Waals surface area contributed by atoms with Crippen molar-refractivity contribution in [1.29, 1.82) is 0 Å². The summed E-state index contributed by atoms with van der Waals surface area (Å²) >= 11 is 0. The van der Waals surface area contributed by atoms with Gasteiger partial charge in [-0.25, -0.2) is 9.70 Å². The largest absolute Gasteiger partial charge is 0.501 e. The molecular formula is C14H22BN3O. The van der Waals surface area contributed by atoms with Gasteiger partial charge >= 0.3 is 7.12 Å². The molecule has 0 fully saturated rings. The lowest BCUT2D eigenvalue weighted by molar-refractivity contribution is 0.301. The van der Waals surface area contributed by atoms with Gasteiger partial charge < -0.3 is 4.81 Å². The number of rotatable bonds is 6. The zero-order chi connectivity index (χ0) is 14.4. The molecule has 4 nitrogen and oxygen atoms in total. The second-order valence-electron chi connectivity index (χ2n) is 5.15. The number of anilines is 1. The van der Waals surface area contributed by atoms with Crippen LogP contribution in [0.1, 0.15) is 27.7 Å². The molecule has 0 bridgehead atoms. The van der Waals surface area contributed by atoms with Crippen LogP contribution in [0.3, 0.4) is 0 Å². The minimum Gasteiger partial charge on any atom is -0.383 e. The third-order valence-electron chi connectivity index (χ3n) is 3.14. The first-order valence-electron chi connectivity index (χ1n) is 6.61. The lowest BCUT2D eigenvalue weighted by Gasteiger charge is -2.37. The number of hydrogen-bond donors (Lipinski definition) is 0. The molecule has 0 aliphatic heterocycles. The van der Waals surface area contributed by atoms with Gasteiger partial charge in [0.05, 0.1) is 0 Å². The Kier molecular flexibility index (Phi) is 5.80. The Hall–Kier alpha value is -1.58. The van der Waals surface area contributed by atoms with E-state index >= 15 is 0 Å². The molecule has 0 spiro atoms. The second-order valence-corrected chi connectivity index (χ2v) is 5.15. The molecule has 0 saturated heterocycles. The Labute approximate surface area is 116 Å². The number of nitrogens with zero attached hydrogens (tertiary/aromatic N) is 3. The van der Waals surface area contributed by atoms with Crippen LogP contribution in [0.5, 0.6) is 0 Å². The fourth-order valence-electron chi connectivity index (χ4n) is 2.33. The minimum absolute atomic E-state index is 0.285.